The Morgan fingerprint density at radius 1 is 1.33 bits per heavy atom. The van der Waals surface area contributed by atoms with Gasteiger partial charge in [-0.3, -0.25) is 4.79 Å². The summed E-state index contributed by atoms with van der Waals surface area (Å²) in [6, 6.07) is 10.5. The second kappa shape index (κ2) is 7.21. The number of nitrogens with one attached hydrogen (secondary N) is 3. The largest absolute Gasteiger partial charge is 0.386 e. The second-order valence-corrected chi connectivity index (χ2v) is 6.23. The Balaban J connectivity index is 1.62. The van der Waals surface area contributed by atoms with Crippen LogP contribution in [0.4, 0.5) is 5.69 Å². The van der Waals surface area contributed by atoms with Gasteiger partial charge in [0.15, 0.2) is 6.29 Å². The number of hydrogen-bond acceptors (Lipinski definition) is 3. The number of carbonyl (C=O) groups is 1. The molecule has 1 aromatic carbocycles. The third-order valence-corrected chi connectivity index (χ3v) is 4.16. The number of hydrogen-bond donors (Lipinski definition) is 3. The molecule has 4 nitrogen and oxygen atoms in total. The van der Waals surface area contributed by atoms with Crippen LogP contribution in [-0.2, 0) is 0 Å². The van der Waals surface area contributed by atoms with Gasteiger partial charge in [0.1, 0.15) is 0 Å². The van der Waals surface area contributed by atoms with Crippen molar-refractivity contribution in [3.8, 4) is 0 Å². The fourth-order valence-corrected chi connectivity index (χ4v) is 2.84. The van der Waals surface area contributed by atoms with Gasteiger partial charge in [0.05, 0.1) is 5.69 Å². The van der Waals surface area contributed by atoms with Gasteiger partial charge in [-0.1, -0.05) is 24.3 Å². The first-order chi connectivity index (χ1) is 11.7. The Morgan fingerprint density at radius 2 is 2.17 bits per heavy atom. The lowest BCUT2D eigenvalue weighted by Crippen LogP contribution is -2.30. The average Bonchev–Trinajstić information content (AvgIpc) is 2.87. The zero-order chi connectivity index (χ0) is 16.9. The van der Waals surface area contributed by atoms with Crippen LogP contribution >= 0.6 is 0 Å². The minimum atomic E-state index is 0.301. The predicted molar refractivity (Wildman–Crippen MR) is 100 cm³/mol. The Hall–Kier alpha value is -2.75. The third kappa shape index (κ3) is 3.77. The van der Waals surface area contributed by atoms with Crippen molar-refractivity contribution in [3.05, 3.63) is 64.6 Å². The van der Waals surface area contributed by atoms with Gasteiger partial charge in [-0.05, 0) is 43.7 Å². The van der Waals surface area contributed by atoms with Gasteiger partial charge in [-0.15, -0.1) is 0 Å². The second-order valence-electron chi connectivity index (χ2n) is 6.23. The summed E-state index contributed by atoms with van der Waals surface area (Å²) in [7, 11) is 0. The van der Waals surface area contributed by atoms with E-state index in [0.717, 1.165) is 36.2 Å². The maximum atomic E-state index is 10.9. The van der Waals surface area contributed by atoms with Crippen molar-refractivity contribution in [1.29, 1.82) is 0 Å². The summed E-state index contributed by atoms with van der Waals surface area (Å²) in [4.78, 5) is 14.0. The Bertz CT molecular complexity index is 786. The molecule has 4 heteroatoms. The van der Waals surface area contributed by atoms with Crippen molar-refractivity contribution in [2.45, 2.75) is 26.3 Å². The van der Waals surface area contributed by atoms with Gasteiger partial charge in [0.25, 0.3) is 0 Å². The molecular formula is C20H23N3O. The minimum absolute atomic E-state index is 0.301. The van der Waals surface area contributed by atoms with Crippen LogP contribution in [0.2, 0.25) is 0 Å². The summed E-state index contributed by atoms with van der Waals surface area (Å²) in [5, 5.41) is 7.05. The molecule has 0 saturated carbocycles. The van der Waals surface area contributed by atoms with Gasteiger partial charge in [0.2, 0.25) is 0 Å². The molecule has 0 spiro atoms. The van der Waals surface area contributed by atoms with E-state index in [1.54, 1.807) is 0 Å². The molecule has 0 aliphatic heterocycles. The molecule has 124 valence electrons. The molecule has 1 unspecified atom stereocenters. The topological polar surface area (TPSA) is 56.9 Å². The molecule has 0 bridgehead atoms. The molecule has 1 aliphatic rings. The van der Waals surface area contributed by atoms with Crippen LogP contribution in [0, 0.1) is 6.92 Å². The van der Waals surface area contributed by atoms with Crippen LogP contribution in [0.15, 0.2) is 42.1 Å². The molecule has 3 rings (SSSR count). The van der Waals surface area contributed by atoms with Crippen molar-refractivity contribution in [1.82, 2.24) is 10.3 Å². The van der Waals surface area contributed by atoms with E-state index in [1.165, 1.54) is 11.3 Å². The van der Waals surface area contributed by atoms with Crippen molar-refractivity contribution in [2.75, 3.05) is 11.9 Å². The summed E-state index contributed by atoms with van der Waals surface area (Å²) in [6.45, 7) is 5.10. The minimum Gasteiger partial charge on any atom is -0.386 e. The highest BCUT2D eigenvalue weighted by molar-refractivity contribution is 5.78. The number of rotatable bonds is 6. The zero-order valence-electron chi connectivity index (χ0n) is 14.1. The molecule has 1 atom stereocenters. The lowest BCUT2D eigenvalue weighted by Gasteiger charge is -2.19. The first-order valence-corrected chi connectivity index (χ1v) is 8.27. The van der Waals surface area contributed by atoms with Gasteiger partial charge in [0, 0.05) is 41.6 Å². The number of aryl methyl sites for hydroxylation is 1. The summed E-state index contributed by atoms with van der Waals surface area (Å²) in [5.41, 5.74) is 6.22. The average molecular weight is 321 g/mol. The number of allylic oxidation sites excluding steroid dienone is 1. The van der Waals surface area contributed by atoms with Crippen LogP contribution in [0.25, 0.3) is 12.2 Å². The van der Waals surface area contributed by atoms with Crippen LogP contribution in [0.3, 0.4) is 0 Å². The molecule has 0 radical (unpaired) electrons. The molecule has 0 saturated heterocycles. The van der Waals surface area contributed by atoms with Crippen LogP contribution in [0.1, 0.15) is 40.7 Å². The maximum Gasteiger partial charge on any atom is 0.166 e. The van der Waals surface area contributed by atoms with Gasteiger partial charge in [-0.25, -0.2) is 0 Å². The number of aromatic amines is 1. The highest BCUT2D eigenvalue weighted by Crippen LogP contribution is 2.20. The van der Waals surface area contributed by atoms with E-state index in [2.05, 4.69) is 53.7 Å². The normalized spacial score (nSPS) is 14.3. The monoisotopic (exact) mass is 321 g/mol. The standard InChI is InChI=1S/C20H23N3O/c1-14-6-3-4-8-19(14)22-15(2)12-21-17-7-5-9-20-16(10-17)11-18(13-24)23-20/h3-6,8-11,13,15,21-23H,7,12H2,1-2H3. The van der Waals surface area contributed by atoms with E-state index < -0.39 is 0 Å². The van der Waals surface area contributed by atoms with E-state index in [0.29, 0.717) is 11.7 Å². The van der Waals surface area contributed by atoms with Crippen LogP contribution < -0.4 is 10.6 Å². The number of H-pyrrole nitrogens is 1. The first kappa shape index (κ1) is 16.1. The molecule has 2 aromatic rings. The fourth-order valence-electron chi connectivity index (χ4n) is 2.84. The highest BCUT2D eigenvalue weighted by Gasteiger charge is 2.09. The summed E-state index contributed by atoms with van der Waals surface area (Å²) >= 11 is 0. The molecular weight excluding hydrogens is 298 g/mol. The number of aromatic nitrogens is 1. The SMILES string of the molecule is Cc1ccccc1NC(C)CNC1=Cc2cc(C=O)[nH]c2C=CC1. The molecule has 1 aliphatic carbocycles. The molecule has 1 heterocycles. The molecule has 3 N–H and O–H groups in total. The third-order valence-electron chi connectivity index (χ3n) is 4.16. The van der Waals surface area contributed by atoms with Crippen molar-refractivity contribution < 1.29 is 4.79 Å². The smallest absolute Gasteiger partial charge is 0.166 e. The molecule has 0 amide bonds. The first-order valence-electron chi connectivity index (χ1n) is 8.27. The van der Waals surface area contributed by atoms with E-state index >= 15 is 0 Å². The van der Waals surface area contributed by atoms with E-state index in [4.69, 9.17) is 0 Å². The lowest BCUT2D eigenvalue weighted by atomic mass is 10.1. The number of fused-ring (bicyclic) bond motifs is 1. The zero-order valence-corrected chi connectivity index (χ0v) is 14.1. The number of aldehydes is 1. The van der Waals surface area contributed by atoms with E-state index in [9.17, 15) is 4.79 Å². The summed E-state index contributed by atoms with van der Waals surface area (Å²) < 4.78 is 0. The Morgan fingerprint density at radius 3 is 2.96 bits per heavy atom. The fraction of sp³-hybridized carbons (Fsp3) is 0.250. The van der Waals surface area contributed by atoms with Gasteiger partial charge >= 0.3 is 0 Å². The quantitative estimate of drug-likeness (QED) is 0.705. The molecule has 24 heavy (non-hydrogen) atoms. The summed E-state index contributed by atoms with van der Waals surface area (Å²) in [5.74, 6) is 0. The lowest BCUT2D eigenvalue weighted by molar-refractivity contribution is 0.111. The number of benzene rings is 1. The van der Waals surface area contributed by atoms with Gasteiger partial charge < -0.3 is 15.6 Å². The Labute approximate surface area is 142 Å². The van der Waals surface area contributed by atoms with Crippen molar-refractivity contribution >= 4 is 24.1 Å². The Kier molecular flexibility index (Phi) is 4.85. The van der Waals surface area contributed by atoms with Crippen LogP contribution in [-0.4, -0.2) is 23.9 Å². The van der Waals surface area contributed by atoms with Crippen LogP contribution in [0.5, 0.6) is 0 Å². The molecule has 0 fully saturated rings. The maximum absolute atomic E-state index is 10.9. The van der Waals surface area contributed by atoms with E-state index in [-0.39, 0.29) is 0 Å². The summed E-state index contributed by atoms with van der Waals surface area (Å²) in [6.07, 6.45) is 7.95. The molecule has 1 aromatic heterocycles. The number of carbonyl (C=O) groups excluding carboxylic acids is 1. The number of para-hydroxylation sites is 1. The predicted octanol–water partition coefficient (Wildman–Crippen LogP) is 3.98. The van der Waals surface area contributed by atoms with Crippen molar-refractivity contribution in [2.24, 2.45) is 0 Å². The van der Waals surface area contributed by atoms with Crippen molar-refractivity contribution in [3.63, 3.8) is 0 Å². The number of anilines is 1. The van der Waals surface area contributed by atoms with Gasteiger partial charge in [-0.2, -0.15) is 0 Å². The van der Waals surface area contributed by atoms with E-state index in [1.807, 2.05) is 24.3 Å². The highest BCUT2D eigenvalue weighted by atomic mass is 16.1.